The van der Waals surface area contributed by atoms with Crippen LogP contribution in [0.4, 0.5) is 0 Å². The third-order valence-corrected chi connectivity index (χ3v) is 6.85. The summed E-state index contributed by atoms with van der Waals surface area (Å²) < 4.78 is 0. The van der Waals surface area contributed by atoms with Gasteiger partial charge in [0.05, 0.1) is 0 Å². The Kier molecular flexibility index (Phi) is 14.9. The summed E-state index contributed by atoms with van der Waals surface area (Å²) in [6.45, 7) is 18.3. The van der Waals surface area contributed by atoms with Gasteiger partial charge in [-0.05, 0) is 68.7 Å². The molecule has 200 valence electrons. The van der Waals surface area contributed by atoms with Crippen LogP contribution < -0.4 is 5.32 Å². The van der Waals surface area contributed by atoms with Gasteiger partial charge >= 0.3 is 0 Å². The number of hydrogen-bond donors (Lipinski definition) is 1. The zero-order valence-electron chi connectivity index (χ0n) is 24.2. The number of amides is 1. The van der Waals surface area contributed by atoms with Crippen LogP contribution in [0, 0.1) is 11.3 Å². The van der Waals surface area contributed by atoms with Crippen molar-refractivity contribution < 1.29 is 4.79 Å². The number of unbranched alkanes of at least 4 members (excludes halogenated alkanes) is 3. The Balaban J connectivity index is 0.000000548. The van der Waals surface area contributed by atoms with E-state index in [2.05, 4.69) is 89.1 Å². The van der Waals surface area contributed by atoms with Gasteiger partial charge in [-0.15, -0.1) is 0 Å². The zero-order chi connectivity index (χ0) is 27.0. The highest BCUT2D eigenvalue weighted by Gasteiger charge is 2.35. The van der Waals surface area contributed by atoms with E-state index in [1.54, 1.807) is 6.92 Å². The Hall–Kier alpha value is -2.49. The SMILES string of the molecule is C/C=C(\C)C(CC(c1ccccn1)C(C)(C)CC(C)C)c1ccccn1.CCCCCCNC(C)=O. The van der Waals surface area contributed by atoms with Crippen molar-refractivity contribution in [2.45, 2.75) is 106 Å². The van der Waals surface area contributed by atoms with Crippen LogP contribution in [0.25, 0.3) is 0 Å². The molecule has 0 bridgehead atoms. The largest absolute Gasteiger partial charge is 0.356 e. The van der Waals surface area contributed by atoms with Crippen molar-refractivity contribution in [3.8, 4) is 0 Å². The Bertz CT molecular complexity index is 875. The van der Waals surface area contributed by atoms with Crippen molar-refractivity contribution in [1.29, 1.82) is 0 Å². The van der Waals surface area contributed by atoms with Gasteiger partial charge < -0.3 is 5.32 Å². The molecule has 0 spiro atoms. The van der Waals surface area contributed by atoms with E-state index in [1.807, 2.05) is 24.5 Å². The lowest BCUT2D eigenvalue weighted by atomic mass is 9.67. The van der Waals surface area contributed by atoms with Gasteiger partial charge in [0.25, 0.3) is 0 Å². The van der Waals surface area contributed by atoms with E-state index in [1.165, 1.54) is 37.0 Å². The van der Waals surface area contributed by atoms with E-state index < -0.39 is 0 Å². The minimum absolute atomic E-state index is 0.0801. The molecule has 2 rings (SSSR count). The Morgan fingerprint density at radius 2 is 1.58 bits per heavy atom. The first kappa shape index (κ1) is 31.5. The first-order valence-electron chi connectivity index (χ1n) is 13.8. The van der Waals surface area contributed by atoms with Gasteiger partial charge in [-0.25, -0.2) is 0 Å². The van der Waals surface area contributed by atoms with Gasteiger partial charge in [0, 0.05) is 49.1 Å². The maximum atomic E-state index is 10.4. The van der Waals surface area contributed by atoms with Crippen molar-refractivity contribution in [3.63, 3.8) is 0 Å². The molecule has 1 N–H and O–H groups in total. The molecular formula is C32H51N3O. The van der Waals surface area contributed by atoms with Crippen LogP contribution in [-0.2, 0) is 4.79 Å². The molecule has 4 nitrogen and oxygen atoms in total. The van der Waals surface area contributed by atoms with Gasteiger partial charge in [0.15, 0.2) is 0 Å². The molecule has 36 heavy (non-hydrogen) atoms. The number of allylic oxidation sites excluding steroid dienone is 2. The van der Waals surface area contributed by atoms with Crippen molar-refractivity contribution in [2.75, 3.05) is 6.54 Å². The number of nitrogens with zero attached hydrogens (tertiary/aromatic N) is 2. The predicted octanol–water partition coefficient (Wildman–Crippen LogP) is 8.48. The van der Waals surface area contributed by atoms with E-state index in [0.717, 1.165) is 25.1 Å². The molecule has 2 aromatic heterocycles. The predicted molar refractivity (Wildman–Crippen MR) is 154 cm³/mol. The van der Waals surface area contributed by atoms with E-state index in [0.29, 0.717) is 17.8 Å². The monoisotopic (exact) mass is 493 g/mol. The fourth-order valence-electron chi connectivity index (χ4n) is 4.99. The number of aromatic nitrogens is 2. The van der Waals surface area contributed by atoms with E-state index in [9.17, 15) is 4.79 Å². The molecule has 4 heteroatoms. The average molecular weight is 494 g/mol. The lowest BCUT2D eigenvalue weighted by Gasteiger charge is -2.38. The molecule has 2 aromatic rings. The molecule has 0 saturated carbocycles. The third-order valence-electron chi connectivity index (χ3n) is 6.85. The first-order valence-corrected chi connectivity index (χ1v) is 13.8. The van der Waals surface area contributed by atoms with Crippen molar-refractivity contribution in [2.24, 2.45) is 11.3 Å². The molecule has 1 amide bonds. The summed E-state index contributed by atoms with van der Waals surface area (Å²) in [4.78, 5) is 19.8. The lowest BCUT2D eigenvalue weighted by molar-refractivity contribution is -0.118. The molecule has 0 aliphatic rings. The summed E-state index contributed by atoms with van der Waals surface area (Å²) in [5.41, 5.74) is 3.90. The summed E-state index contributed by atoms with van der Waals surface area (Å²) in [7, 11) is 0. The second-order valence-electron chi connectivity index (χ2n) is 11.0. The van der Waals surface area contributed by atoms with Gasteiger partial charge in [0.1, 0.15) is 0 Å². The molecule has 2 atom stereocenters. The molecule has 0 aliphatic heterocycles. The van der Waals surface area contributed by atoms with Crippen LogP contribution in [0.2, 0.25) is 0 Å². The summed E-state index contributed by atoms with van der Waals surface area (Å²) in [5.74, 6) is 1.44. The second-order valence-corrected chi connectivity index (χ2v) is 11.0. The molecule has 2 heterocycles. The topological polar surface area (TPSA) is 54.9 Å². The smallest absolute Gasteiger partial charge is 0.216 e. The highest BCUT2D eigenvalue weighted by Crippen LogP contribution is 2.46. The van der Waals surface area contributed by atoms with Crippen LogP contribution in [0.15, 0.2) is 60.4 Å². The van der Waals surface area contributed by atoms with Gasteiger partial charge in [0.2, 0.25) is 5.91 Å². The minimum Gasteiger partial charge on any atom is -0.356 e. The highest BCUT2D eigenvalue weighted by molar-refractivity contribution is 5.72. The molecule has 0 fully saturated rings. The number of nitrogens with one attached hydrogen (secondary N) is 1. The third kappa shape index (κ3) is 12.0. The zero-order valence-corrected chi connectivity index (χ0v) is 24.2. The number of rotatable bonds is 13. The Morgan fingerprint density at radius 1 is 0.972 bits per heavy atom. The summed E-state index contributed by atoms with van der Waals surface area (Å²) in [6.07, 6.45) is 13.1. The fraction of sp³-hybridized carbons (Fsp3) is 0.594. The standard InChI is InChI=1S/C24H34N2.C8H17NO/c1-7-19(4)20(22-12-8-10-14-25-22)16-21(23-13-9-11-15-26-23)24(5,6)17-18(2)3;1-3-4-5-6-7-9-8(2)10/h7-15,18,20-21H,16-17H2,1-6H3;3-7H2,1-2H3,(H,9,10)/b19-7+;. The highest BCUT2D eigenvalue weighted by atomic mass is 16.1. The van der Waals surface area contributed by atoms with Crippen LogP contribution >= 0.6 is 0 Å². The number of carbonyl (C=O) groups is 1. The molecule has 2 unspecified atom stereocenters. The van der Waals surface area contributed by atoms with Gasteiger partial charge in [-0.2, -0.15) is 0 Å². The van der Waals surface area contributed by atoms with Gasteiger partial charge in [-0.3, -0.25) is 14.8 Å². The fourth-order valence-corrected chi connectivity index (χ4v) is 4.99. The number of pyridine rings is 2. The molecule has 0 radical (unpaired) electrons. The maximum Gasteiger partial charge on any atom is 0.216 e. The van der Waals surface area contributed by atoms with Gasteiger partial charge in [-0.1, -0.05) is 77.7 Å². The summed E-state index contributed by atoms with van der Waals surface area (Å²) in [5, 5.41) is 2.77. The average Bonchev–Trinajstić information content (AvgIpc) is 2.84. The number of hydrogen-bond acceptors (Lipinski definition) is 3. The second kappa shape index (κ2) is 17.1. The summed E-state index contributed by atoms with van der Waals surface area (Å²) >= 11 is 0. The van der Waals surface area contributed by atoms with Crippen LogP contribution in [-0.4, -0.2) is 22.4 Å². The number of carbonyl (C=O) groups excluding carboxylic acids is 1. The van der Waals surface area contributed by atoms with Crippen molar-refractivity contribution >= 4 is 5.91 Å². The van der Waals surface area contributed by atoms with Crippen LogP contribution in [0.1, 0.15) is 117 Å². The van der Waals surface area contributed by atoms with E-state index >= 15 is 0 Å². The first-order chi connectivity index (χ1) is 17.1. The molecular weight excluding hydrogens is 442 g/mol. The molecule has 0 aromatic carbocycles. The van der Waals surface area contributed by atoms with Crippen molar-refractivity contribution in [3.05, 3.63) is 71.8 Å². The van der Waals surface area contributed by atoms with E-state index in [4.69, 9.17) is 4.98 Å². The maximum absolute atomic E-state index is 10.4. The molecule has 0 saturated heterocycles. The normalized spacial score (nSPS) is 13.5. The van der Waals surface area contributed by atoms with Crippen molar-refractivity contribution in [1.82, 2.24) is 15.3 Å². The minimum atomic E-state index is 0.0801. The molecule has 0 aliphatic carbocycles. The lowest BCUT2D eigenvalue weighted by Crippen LogP contribution is -2.27. The van der Waals surface area contributed by atoms with E-state index in [-0.39, 0.29) is 11.3 Å². The summed E-state index contributed by atoms with van der Waals surface area (Å²) in [6, 6.07) is 12.5. The van der Waals surface area contributed by atoms with Crippen LogP contribution in [0.3, 0.4) is 0 Å². The quantitative estimate of drug-likeness (QED) is 0.225. The Morgan fingerprint density at radius 3 is 2.06 bits per heavy atom. The van der Waals surface area contributed by atoms with Crippen LogP contribution in [0.5, 0.6) is 0 Å². The Labute approximate surface area is 221 Å².